The zero-order valence-electron chi connectivity index (χ0n) is 18.5. The molecule has 5 rings (SSSR count). The Labute approximate surface area is 189 Å². The SMILES string of the molecule is CN1CCC(c2ccnc3c2CC(OC(=O)C(N)=O)N3c2cc(F)c3nn(C)cc3c2)CC1. The van der Waals surface area contributed by atoms with Crippen molar-refractivity contribution in [1.82, 2.24) is 19.7 Å². The topological polar surface area (TPSA) is 107 Å². The Morgan fingerprint density at radius 2 is 1.97 bits per heavy atom. The molecule has 0 spiro atoms. The van der Waals surface area contributed by atoms with Crippen LogP contribution in [0.4, 0.5) is 15.9 Å². The molecule has 2 N–H and O–H groups in total. The molecule has 0 radical (unpaired) electrons. The van der Waals surface area contributed by atoms with Gasteiger partial charge in [-0.05, 0) is 56.6 Å². The van der Waals surface area contributed by atoms with Crippen molar-refractivity contribution in [2.24, 2.45) is 12.8 Å². The Morgan fingerprint density at radius 3 is 2.70 bits per heavy atom. The lowest BCUT2D eigenvalue weighted by atomic mass is 9.87. The van der Waals surface area contributed by atoms with Crippen LogP contribution in [0.5, 0.6) is 0 Å². The molecule has 10 heteroatoms. The predicted molar refractivity (Wildman–Crippen MR) is 119 cm³/mol. The first-order valence-corrected chi connectivity index (χ1v) is 10.9. The van der Waals surface area contributed by atoms with Gasteiger partial charge in [0.05, 0.1) is 0 Å². The number of nitrogens with two attached hydrogens (primary N) is 1. The number of fused-ring (bicyclic) bond motifs is 2. The number of halogens is 1. The van der Waals surface area contributed by atoms with Gasteiger partial charge in [-0.15, -0.1) is 0 Å². The van der Waals surface area contributed by atoms with E-state index in [1.807, 2.05) is 6.07 Å². The van der Waals surface area contributed by atoms with Gasteiger partial charge in [-0.1, -0.05) is 0 Å². The largest absolute Gasteiger partial charge is 0.434 e. The number of hydrogen-bond acceptors (Lipinski definition) is 7. The number of carbonyl (C=O) groups excluding carboxylic acids is 2. The highest BCUT2D eigenvalue weighted by atomic mass is 19.1. The number of rotatable bonds is 3. The van der Waals surface area contributed by atoms with Gasteiger partial charge in [-0.2, -0.15) is 5.10 Å². The molecule has 2 aromatic heterocycles. The van der Waals surface area contributed by atoms with Crippen molar-refractivity contribution in [1.29, 1.82) is 0 Å². The van der Waals surface area contributed by atoms with Crippen molar-refractivity contribution in [3.63, 3.8) is 0 Å². The third-order valence-corrected chi connectivity index (χ3v) is 6.51. The van der Waals surface area contributed by atoms with Gasteiger partial charge < -0.3 is 15.4 Å². The molecular weight excluding hydrogens is 427 g/mol. The number of carbonyl (C=O) groups is 2. The lowest BCUT2D eigenvalue weighted by molar-refractivity contribution is -0.157. The highest BCUT2D eigenvalue weighted by molar-refractivity contribution is 6.31. The fourth-order valence-electron chi connectivity index (χ4n) is 4.92. The molecule has 1 fully saturated rings. The summed E-state index contributed by atoms with van der Waals surface area (Å²) in [4.78, 5) is 32.1. The van der Waals surface area contributed by atoms with Crippen LogP contribution in [0.1, 0.15) is 29.9 Å². The fourth-order valence-corrected chi connectivity index (χ4v) is 4.92. The third kappa shape index (κ3) is 3.80. The highest BCUT2D eigenvalue weighted by Gasteiger charge is 2.38. The quantitative estimate of drug-likeness (QED) is 0.478. The van der Waals surface area contributed by atoms with E-state index in [1.165, 1.54) is 10.7 Å². The first kappa shape index (κ1) is 21.3. The molecule has 3 aromatic rings. The molecule has 0 saturated carbocycles. The fraction of sp³-hybridized carbons (Fsp3) is 0.391. The van der Waals surface area contributed by atoms with Gasteiger partial charge in [0.2, 0.25) is 0 Å². The summed E-state index contributed by atoms with van der Waals surface area (Å²) in [6, 6.07) is 5.13. The zero-order valence-corrected chi connectivity index (χ0v) is 18.5. The van der Waals surface area contributed by atoms with E-state index in [-0.39, 0.29) is 5.52 Å². The summed E-state index contributed by atoms with van der Waals surface area (Å²) in [5.74, 6) is -1.87. The molecule has 2 aliphatic rings. The summed E-state index contributed by atoms with van der Waals surface area (Å²) in [6.07, 6.45) is 4.93. The number of anilines is 2. The van der Waals surface area contributed by atoms with Gasteiger partial charge in [0.1, 0.15) is 11.3 Å². The van der Waals surface area contributed by atoms with Crippen molar-refractivity contribution >= 4 is 34.3 Å². The monoisotopic (exact) mass is 452 g/mol. The molecule has 33 heavy (non-hydrogen) atoms. The summed E-state index contributed by atoms with van der Waals surface area (Å²) >= 11 is 0. The number of piperidine rings is 1. The standard InChI is InChI=1S/C23H25FN6O3/c1-28-7-4-13(5-8-28)16-3-6-26-22-17(16)11-19(33-23(32)21(25)31)30(22)15-9-14-12-29(2)27-20(14)18(24)10-15/h3,6,9-10,12-13,19H,4-5,7-8,11H2,1-2H3,(H2,25,31). The van der Waals surface area contributed by atoms with Gasteiger partial charge in [-0.3, -0.25) is 14.4 Å². The number of esters is 1. The normalized spacial score (nSPS) is 19.1. The Hall–Kier alpha value is -3.53. The smallest absolute Gasteiger partial charge is 0.398 e. The number of pyridine rings is 1. The van der Waals surface area contributed by atoms with E-state index < -0.39 is 23.9 Å². The molecule has 172 valence electrons. The summed E-state index contributed by atoms with van der Waals surface area (Å²) < 4.78 is 21.9. The van der Waals surface area contributed by atoms with Crippen LogP contribution in [0, 0.1) is 5.82 Å². The Morgan fingerprint density at radius 1 is 1.21 bits per heavy atom. The van der Waals surface area contributed by atoms with Gasteiger partial charge in [0, 0.05) is 48.6 Å². The van der Waals surface area contributed by atoms with Gasteiger partial charge in [0.15, 0.2) is 12.0 Å². The number of aryl methyl sites for hydroxylation is 1. The highest BCUT2D eigenvalue weighted by Crippen LogP contribution is 2.43. The maximum atomic E-state index is 14.9. The van der Waals surface area contributed by atoms with E-state index in [1.54, 1.807) is 30.4 Å². The Kier molecular flexibility index (Phi) is 5.24. The van der Waals surface area contributed by atoms with Crippen LogP contribution in [-0.4, -0.2) is 57.9 Å². The van der Waals surface area contributed by atoms with Crippen LogP contribution >= 0.6 is 0 Å². The van der Waals surface area contributed by atoms with E-state index in [2.05, 4.69) is 22.0 Å². The molecule has 2 aliphatic heterocycles. The first-order valence-electron chi connectivity index (χ1n) is 10.9. The number of hydrogen-bond donors (Lipinski definition) is 1. The number of benzene rings is 1. The predicted octanol–water partition coefficient (Wildman–Crippen LogP) is 1.97. The second-order valence-electron chi connectivity index (χ2n) is 8.75. The number of aromatic nitrogens is 3. The van der Waals surface area contributed by atoms with E-state index in [9.17, 15) is 14.0 Å². The molecule has 1 amide bonds. The van der Waals surface area contributed by atoms with Crippen LogP contribution < -0.4 is 10.6 Å². The van der Waals surface area contributed by atoms with Crippen LogP contribution in [-0.2, 0) is 27.8 Å². The number of likely N-dealkylation sites (tertiary alicyclic amines) is 1. The van der Waals surface area contributed by atoms with Crippen molar-refractivity contribution in [3.05, 3.63) is 47.5 Å². The molecule has 1 atom stereocenters. The Balaban J connectivity index is 1.60. The zero-order chi connectivity index (χ0) is 23.3. The third-order valence-electron chi connectivity index (χ3n) is 6.51. The van der Waals surface area contributed by atoms with Crippen LogP contribution in [0.15, 0.2) is 30.6 Å². The van der Waals surface area contributed by atoms with Gasteiger partial charge in [-0.25, -0.2) is 14.2 Å². The second kappa shape index (κ2) is 8.11. The van der Waals surface area contributed by atoms with E-state index >= 15 is 0 Å². The average molecular weight is 452 g/mol. The van der Waals surface area contributed by atoms with E-state index in [0.29, 0.717) is 29.2 Å². The number of amides is 1. The molecule has 4 heterocycles. The summed E-state index contributed by atoms with van der Waals surface area (Å²) in [7, 11) is 3.83. The van der Waals surface area contributed by atoms with E-state index in [0.717, 1.165) is 37.1 Å². The van der Waals surface area contributed by atoms with Crippen molar-refractivity contribution in [2.75, 3.05) is 25.0 Å². The van der Waals surface area contributed by atoms with Crippen molar-refractivity contribution < 1.29 is 18.7 Å². The van der Waals surface area contributed by atoms with Crippen molar-refractivity contribution in [3.8, 4) is 0 Å². The number of primary amides is 1. The van der Waals surface area contributed by atoms with Crippen molar-refractivity contribution in [2.45, 2.75) is 31.4 Å². The Bertz CT molecular complexity index is 1250. The lowest BCUT2D eigenvalue weighted by Crippen LogP contribution is -2.37. The minimum Gasteiger partial charge on any atom is -0.434 e. The molecule has 0 aliphatic carbocycles. The summed E-state index contributed by atoms with van der Waals surface area (Å²) in [5, 5.41) is 4.76. The first-order chi connectivity index (χ1) is 15.8. The number of nitrogens with zero attached hydrogens (tertiary/aromatic N) is 5. The summed E-state index contributed by atoms with van der Waals surface area (Å²) in [6.45, 7) is 1.99. The van der Waals surface area contributed by atoms with E-state index in [4.69, 9.17) is 10.5 Å². The molecule has 1 unspecified atom stereocenters. The average Bonchev–Trinajstić information content (AvgIpc) is 3.33. The van der Waals surface area contributed by atoms with Gasteiger partial charge in [0.25, 0.3) is 0 Å². The molecule has 9 nitrogen and oxygen atoms in total. The molecule has 1 saturated heterocycles. The van der Waals surface area contributed by atoms with Crippen LogP contribution in [0.25, 0.3) is 10.9 Å². The maximum Gasteiger partial charge on any atom is 0.398 e. The number of ether oxygens (including phenoxy) is 1. The maximum absolute atomic E-state index is 14.9. The van der Waals surface area contributed by atoms with Gasteiger partial charge >= 0.3 is 11.9 Å². The second-order valence-corrected chi connectivity index (χ2v) is 8.75. The molecular formula is C23H25FN6O3. The minimum absolute atomic E-state index is 0.249. The van der Waals surface area contributed by atoms with Crippen LogP contribution in [0.3, 0.4) is 0 Å². The molecule has 0 bridgehead atoms. The van der Waals surface area contributed by atoms with Crippen LogP contribution in [0.2, 0.25) is 0 Å². The lowest BCUT2D eigenvalue weighted by Gasteiger charge is -2.30. The minimum atomic E-state index is -1.18. The molecule has 1 aromatic carbocycles. The summed E-state index contributed by atoms with van der Waals surface area (Å²) in [5.41, 5.74) is 7.95.